The lowest BCUT2D eigenvalue weighted by molar-refractivity contribution is -0.246. The fraction of sp³-hybridized carbons (Fsp3) is 0.211. The number of aliphatic imine (C=N–C) groups is 1. The normalized spacial score (nSPS) is 20.3. The third kappa shape index (κ3) is 2.12. The smallest absolute Gasteiger partial charge is 0.372 e. The molecule has 0 saturated carbocycles. The van der Waals surface area contributed by atoms with Gasteiger partial charge in [-0.05, 0) is 29.2 Å². The predicted molar refractivity (Wildman–Crippen MR) is 89.0 cm³/mol. The molecule has 0 bridgehead atoms. The molecule has 0 spiro atoms. The molecule has 2 aromatic carbocycles. The summed E-state index contributed by atoms with van der Waals surface area (Å²) in [6, 6.07) is 10.7. The number of benzene rings is 2. The second-order valence-corrected chi connectivity index (χ2v) is 5.61. The van der Waals surface area contributed by atoms with Gasteiger partial charge >= 0.3 is 6.18 Å². The Balaban J connectivity index is 2.42. The van der Waals surface area contributed by atoms with E-state index in [2.05, 4.69) is 4.99 Å². The van der Waals surface area contributed by atoms with E-state index >= 15 is 0 Å². The number of hydrogen-bond donors (Lipinski definition) is 1. The van der Waals surface area contributed by atoms with Crippen LogP contribution in [0, 0.1) is 0 Å². The van der Waals surface area contributed by atoms with Crippen molar-refractivity contribution in [1.82, 2.24) is 0 Å². The number of rotatable bonds is 2. The minimum absolute atomic E-state index is 0.135. The summed E-state index contributed by atoms with van der Waals surface area (Å²) >= 11 is 0. The second-order valence-electron chi connectivity index (χ2n) is 5.61. The molecule has 0 aromatic heterocycles. The summed E-state index contributed by atoms with van der Waals surface area (Å²) in [5.41, 5.74) is -1.16. The van der Waals surface area contributed by atoms with Gasteiger partial charge in [-0.3, -0.25) is 4.99 Å². The molecule has 0 fully saturated rings. The van der Waals surface area contributed by atoms with Crippen LogP contribution in [0.4, 0.5) is 13.2 Å². The Morgan fingerprint density at radius 1 is 1.08 bits per heavy atom. The average Bonchev–Trinajstić information content (AvgIpc) is 2.84. The topological polar surface area (TPSA) is 32.6 Å². The molecule has 0 saturated heterocycles. The molecule has 0 heterocycles. The largest absolute Gasteiger partial charge is 0.425 e. The fourth-order valence-corrected chi connectivity index (χ4v) is 3.29. The summed E-state index contributed by atoms with van der Waals surface area (Å²) in [4.78, 5) is 3.97. The highest BCUT2D eigenvalue weighted by Gasteiger charge is 2.61. The lowest BCUT2D eigenvalue weighted by Gasteiger charge is -2.28. The van der Waals surface area contributed by atoms with E-state index < -0.39 is 11.8 Å². The quantitative estimate of drug-likeness (QED) is 0.804. The highest BCUT2D eigenvalue weighted by molar-refractivity contribution is 6.13. The Morgan fingerprint density at radius 3 is 2.38 bits per heavy atom. The molecule has 0 radical (unpaired) electrons. The van der Waals surface area contributed by atoms with Crippen molar-refractivity contribution in [3.63, 3.8) is 0 Å². The predicted octanol–water partition coefficient (Wildman–Crippen LogP) is 4.57. The first-order valence-electron chi connectivity index (χ1n) is 7.47. The van der Waals surface area contributed by atoms with Gasteiger partial charge in [-0.15, -0.1) is 0 Å². The maximum atomic E-state index is 13.8. The van der Waals surface area contributed by atoms with Crippen molar-refractivity contribution in [2.75, 3.05) is 7.05 Å². The maximum Gasteiger partial charge on any atom is 0.425 e. The van der Waals surface area contributed by atoms with Crippen LogP contribution < -0.4 is 0 Å². The molecule has 0 amide bonds. The lowest BCUT2D eigenvalue weighted by Crippen LogP contribution is -2.41. The molecule has 1 unspecified atom stereocenters. The van der Waals surface area contributed by atoms with Crippen molar-refractivity contribution < 1.29 is 18.3 Å². The van der Waals surface area contributed by atoms with E-state index in [9.17, 15) is 18.3 Å². The average molecular weight is 331 g/mol. The van der Waals surface area contributed by atoms with Crippen molar-refractivity contribution in [2.24, 2.45) is 4.99 Å². The van der Waals surface area contributed by atoms with Crippen molar-refractivity contribution >= 4 is 11.8 Å². The SMILES string of the molecule is C/C=C(\C=NC)c1cccc2c1-c1ccccc1C2(O)C(F)(F)F. The summed E-state index contributed by atoms with van der Waals surface area (Å²) in [5, 5.41) is 10.7. The highest BCUT2D eigenvalue weighted by atomic mass is 19.4. The molecular weight excluding hydrogens is 315 g/mol. The second kappa shape index (κ2) is 5.60. The monoisotopic (exact) mass is 331 g/mol. The first kappa shape index (κ1) is 16.5. The van der Waals surface area contributed by atoms with Crippen molar-refractivity contribution in [3.05, 3.63) is 65.2 Å². The molecular formula is C19H16F3NO. The number of alkyl halides is 3. The Hall–Kier alpha value is -2.40. The van der Waals surface area contributed by atoms with E-state index in [-0.39, 0.29) is 11.1 Å². The van der Waals surface area contributed by atoms with Crippen LogP contribution in [0.1, 0.15) is 23.6 Å². The van der Waals surface area contributed by atoms with E-state index in [1.165, 1.54) is 24.3 Å². The first-order valence-corrected chi connectivity index (χ1v) is 7.47. The molecule has 1 atom stereocenters. The highest BCUT2D eigenvalue weighted by Crippen LogP contribution is 2.56. The summed E-state index contributed by atoms with van der Waals surface area (Å²) in [7, 11) is 1.60. The van der Waals surface area contributed by atoms with Gasteiger partial charge in [0.15, 0.2) is 0 Å². The van der Waals surface area contributed by atoms with Crippen molar-refractivity contribution in [2.45, 2.75) is 18.7 Å². The summed E-state index contributed by atoms with van der Waals surface area (Å²) in [6.45, 7) is 1.80. The van der Waals surface area contributed by atoms with Gasteiger partial charge < -0.3 is 5.11 Å². The maximum absolute atomic E-state index is 13.8. The third-order valence-corrected chi connectivity index (χ3v) is 4.34. The molecule has 1 aliphatic carbocycles. The van der Waals surface area contributed by atoms with Crippen LogP contribution in [0.25, 0.3) is 16.7 Å². The van der Waals surface area contributed by atoms with Crippen LogP contribution in [0.15, 0.2) is 53.5 Å². The van der Waals surface area contributed by atoms with Gasteiger partial charge in [0.2, 0.25) is 5.60 Å². The van der Waals surface area contributed by atoms with E-state index in [1.54, 1.807) is 44.5 Å². The van der Waals surface area contributed by atoms with Gasteiger partial charge in [-0.2, -0.15) is 13.2 Å². The molecule has 0 aliphatic heterocycles. The number of allylic oxidation sites excluding steroid dienone is 2. The Kier molecular flexibility index (Phi) is 3.84. The number of aliphatic hydroxyl groups is 1. The number of hydrogen-bond acceptors (Lipinski definition) is 2. The van der Waals surface area contributed by atoms with Gasteiger partial charge in [-0.25, -0.2) is 0 Å². The molecule has 3 rings (SSSR count). The Labute approximate surface area is 138 Å². The molecule has 2 nitrogen and oxygen atoms in total. The number of nitrogens with zero attached hydrogens (tertiary/aromatic N) is 1. The van der Waals surface area contributed by atoms with Crippen LogP contribution in [-0.4, -0.2) is 24.5 Å². The number of fused-ring (bicyclic) bond motifs is 3. The zero-order chi connectivity index (χ0) is 17.5. The zero-order valence-electron chi connectivity index (χ0n) is 13.2. The summed E-state index contributed by atoms with van der Waals surface area (Å²) in [5.74, 6) is 0. The van der Waals surface area contributed by atoms with Crippen LogP contribution in [-0.2, 0) is 5.60 Å². The lowest BCUT2D eigenvalue weighted by atomic mass is 9.89. The van der Waals surface area contributed by atoms with E-state index in [0.717, 1.165) is 0 Å². The molecule has 5 heteroatoms. The minimum atomic E-state index is -4.82. The van der Waals surface area contributed by atoms with Crippen LogP contribution in [0.5, 0.6) is 0 Å². The number of halogens is 3. The van der Waals surface area contributed by atoms with Gasteiger partial charge in [0.05, 0.1) is 0 Å². The third-order valence-electron chi connectivity index (χ3n) is 4.34. The standard InChI is InChI=1S/C19H16F3NO/c1-3-12(11-23-2)13-8-6-10-16-17(13)14-7-4-5-9-15(14)18(16,24)19(20,21)22/h3-11,24H,1-2H3/b12-3+,23-11?. The Bertz CT molecular complexity index is 852. The van der Waals surface area contributed by atoms with Crippen molar-refractivity contribution in [1.29, 1.82) is 0 Å². The molecule has 2 aromatic rings. The summed E-state index contributed by atoms with van der Waals surface area (Å²) < 4.78 is 41.3. The first-order chi connectivity index (χ1) is 11.4. The molecule has 124 valence electrons. The minimum Gasteiger partial charge on any atom is -0.372 e. The molecule has 1 N–H and O–H groups in total. The van der Waals surface area contributed by atoms with Gasteiger partial charge in [0, 0.05) is 24.4 Å². The zero-order valence-corrected chi connectivity index (χ0v) is 13.2. The van der Waals surface area contributed by atoms with E-state index in [4.69, 9.17) is 0 Å². The summed E-state index contributed by atoms with van der Waals surface area (Å²) in [6.07, 6.45) is -1.43. The van der Waals surface area contributed by atoms with Crippen molar-refractivity contribution in [3.8, 4) is 11.1 Å². The van der Waals surface area contributed by atoms with Crippen LogP contribution in [0.2, 0.25) is 0 Å². The molecule has 24 heavy (non-hydrogen) atoms. The van der Waals surface area contributed by atoms with E-state index in [1.807, 2.05) is 0 Å². The van der Waals surface area contributed by atoms with Gasteiger partial charge in [-0.1, -0.05) is 48.5 Å². The van der Waals surface area contributed by atoms with Gasteiger partial charge in [0.25, 0.3) is 0 Å². The van der Waals surface area contributed by atoms with Crippen LogP contribution in [0.3, 0.4) is 0 Å². The molecule has 1 aliphatic rings. The fourth-order valence-electron chi connectivity index (χ4n) is 3.29. The van der Waals surface area contributed by atoms with Crippen LogP contribution >= 0.6 is 0 Å². The van der Waals surface area contributed by atoms with E-state index in [0.29, 0.717) is 22.3 Å². The Morgan fingerprint density at radius 2 is 1.75 bits per heavy atom. The van der Waals surface area contributed by atoms with Gasteiger partial charge in [0.1, 0.15) is 0 Å².